The van der Waals surface area contributed by atoms with E-state index in [1.165, 1.54) is 11.8 Å². The van der Waals surface area contributed by atoms with Crippen molar-refractivity contribution in [1.29, 1.82) is 0 Å². The average Bonchev–Trinajstić information content (AvgIpc) is 2.36. The molecule has 0 saturated carbocycles. The van der Waals surface area contributed by atoms with Crippen LogP contribution < -0.4 is 10.6 Å². The van der Waals surface area contributed by atoms with Crippen molar-refractivity contribution in [1.82, 2.24) is 10.6 Å². The van der Waals surface area contributed by atoms with Crippen molar-refractivity contribution in [3.63, 3.8) is 0 Å². The molecule has 1 aliphatic rings. The van der Waals surface area contributed by atoms with E-state index in [1.807, 2.05) is 25.1 Å². The zero-order valence-electron chi connectivity index (χ0n) is 10.2. The zero-order chi connectivity index (χ0) is 13.0. The van der Waals surface area contributed by atoms with Gasteiger partial charge in [-0.1, -0.05) is 30.3 Å². The first-order valence-electron chi connectivity index (χ1n) is 5.90. The number of rotatable bonds is 4. The summed E-state index contributed by atoms with van der Waals surface area (Å²) in [4.78, 5) is 23.2. The van der Waals surface area contributed by atoms with E-state index in [9.17, 15) is 9.59 Å². The monoisotopic (exact) mass is 264 g/mol. The predicted octanol–water partition coefficient (Wildman–Crippen LogP) is 1.38. The van der Waals surface area contributed by atoms with Gasteiger partial charge in [0.15, 0.2) is 5.78 Å². The van der Waals surface area contributed by atoms with Gasteiger partial charge in [0.25, 0.3) is 0 Å². The van der Waals surface area contributed by atoms with Gasteiger partial charge >= 0.3 is 0 Å². The summed E-state index contributed by atoms with van der Waals surface area (Å²) in [6, 6.07) is 9.34. The maximum Gasteiger partial charge on any atom is 0.223 e. The van der Waals surface area contributed by atoms with Crippen molar-refractivity contribution in [2.45, 2.75) is 24.9 Å². The fourth-order valence-electron chi connectivity index (χ4n) is 1.80. The lowest BCUT2D eigenvalue weighted by Gasteiger charge is -2.28. The molecule has 2 rings (SSSR count). The van der Waals surface area contributed by atoms with Crippen LogP contribution in [0, 0.1) is 0 Å². The molecular formula is C13H16N2O2S. The first-order valence-corrected chi connectivity index (χ1v) is 6.95. The molecule has 1 fully saturated rings. The van der Waals surface area contributed by atoms with Crippen LogP contribution >= 0.6 is 11.8 Å². The number of benzene rings is 1. The number of carbonyl (C=O) groups excluding carboxylic acids is 2. The third-order valence-electron chi connectivity index (χ3n) is 2.70. The summed E-state index contributed by atoms with van der Waals surface area (Å²) < 4.78 is 0. The van der Waals surface area contributed by atoms with E-state index in [1.54, 1.807) is 12.1 Å². The number of hydrogen-bond donors (Lipinski definition) is 2. The van der Waals surface area contributed by atoms with Crippen LogP contribution in [0.25, 0.3) is 0 Å². The van der Waals surface area contributed by atoms with Gasteiger partial charge in [-0.2, -0.15) is 0 Å². The number of ketones is 1. The highest BCUT2D eigenvalue weighted by Crippen LogP contribution is 2.14. The van der Waals surface area contributed by atoms with Crippen molar-refractivity contribution in [2.75, 3.05) is 5.75 Å². The van der Waals surface area contributed by atoms with Gasteiger partial charge in [0.2, 0.25) is 5.91 Å². The molecule has 2 atom stereocenters. The van der Waals surface area contributed by atoms with Crippen molar-refractivity contribution in [3.8, 4) is 0 Å². The van der Waals surface area contributed by atoms with Crippen LogP contribution in [0.1, 0.15) is 23.7 Å². The van der Waals surface area contributed by atoms with E-state index < -0.39 is 0 Å². The van der Waals surface area contributed by atoms with Gasteiger partial charge in [0.05, 0.1) is 5.75 Å². The van der Waals surface area contributed by atoms with E-state index in [2.05, 4.69) is 10.6 Å². The highest BCUT2D eigenvalue weighted by molar-refractivity contribution is 8.00. The molecule has 0 bridgehead atoms. The van der Waals surface area contributed by atoms with Gasteiger partial charge in [-0.15, -0.1) is 11.8 Å². The summed E-state index contributed by atoms with van der Waals surface area (Å²) in [6.07, 6.45) is 0.490. The molecule has 1 heterocycles. The molecule has 4 nitrogen and oxygen atoms in total. The number of Topliss-reactive ketones (excluding diaryl/α,β-unsaturated/α-hetero) is 1. The Morgan fingerprint density at radius 2 is 2.11 bits per heavy atom. The molecule has 0 aliphatic carbocycles. The number of amides is 1. The van der Waals surface area contributed by atoms with Gasteiger partial charge in [0, 0.05) is 18.0 Å². The van der Waals surface area contributed by atoms with Gasteiger partial charge in [-0.05, 0) is 6.92 Å². The van der Waals surface area contributed by atoms with Crippen molar-refractivity contribution in [3.05, 3.63) is 35.9 Å². The number of thioether (sulfide) groups is 1. The summed E-state index contributed by atoms with van der Waals surface area (Å²) >= 11 is 1.42. The molecule has 0 radical (unpaired) electrons. The normalized spacial score (nSPS) is 23.5. The molecule has 1 aromatic rings. The summed E-state index contributed by atoms with van der Waals surface area (Å²) in [5.74, 6) is 0.468. The lowest BCUT2D eigenvalue weighted by Crippen LogP contribution is -2.53. The predicted molar refractivity (Wildman–Crippen MR) is 72.4 cm³/mol. The first kappa shape index (κ1) is 13.1. The molecule has 1 aromatic carbocycles. The van der Waals surface area contributed by atoms with Crippen LogP contribution in [0.2, 0.25) is 0 Å². The fraction of sp³-hybridized carbons (Fsp3) is 0.385. The second-order valence-electron chi connectivity index (χ2n) is 4.32. The van der Waals surface area contributed by atoms with Crippen LogP contribution in [0.4, 0.5) is 0 Å². The third-order valence-corrected chi connectivity index (χ3v) is 3.71. The van der Waals surface area contributed by atoms with E-state index in [0.29, 0.717) is 17.7 Å². The standard InChI is InChI=1S/C13H16N2O2S/c1-9-7-12(17)15-13(14-9)18-8-11(16)10-5-3-2-4-6-10/h2-6,9,13-14H,7-8H2,1H3,(H,15,17). The Bertz CT molecular complexity index is 436. The fourth-order valence-corrected chi connectivity index (χ4v) is 2.83. The Morgan fingerprint density at radius 3 is 2.78 bits per heavy atom. The second-order valence-corrected chi connectivity index (χ2v) is 5.41. The zero-order valence-corrected chi connectivity index (χ0v) is 11.0. The molecule has 2 N–H and O–H groups in total. The average molecular weight is 264 g/mol. The topological polar surface area (TPSA) is 58.2 Å². The first-order chi connectivity index (χ1) is 8.65. The highest BCUT2D eigenvalue weighted by Gasteiger charge is 2.23. The number of carbonyl (C=O) groups is 2. The van der Waals surface area contributed by atoms with Crippen LogP contribution in [0.3, 0.4) is 0 Å². The van der Waals surface area contributed by atoms with E-state index in [-0.39, 0.29) is 23.2 Å². The van der Waals surface area contributed by atoms with Crippen LogP contribution in [0.5, 0.6) is 0 Å². The molecule has 0 spiro atoms. The minimum Gasteiger partial charge on any atom is -0.332 e. The van der Waals surface area contributed by atoms with Crippen LogP contribution in [-0.4, -0.2) is 29.0 Å². The molecule has 1 saturated heterocycles. The highest BCUT2D eigenvalue weighted by atomic mass is 32.2. The maximum absolute atomic E-state index is 11.9. The van der Waals surface area contributed by atoms with Gasteiger partial charge in [-0.3, -0.25) is 14.9 Å². The molecule has 2 unspecified atom stereocenters. The lowest BCUT2D eigenvalue weighted by atomic mass is 10.2. The summed E-state index contributed by atoms with van der Waals surface area (Å²) in [5.41, 5.74) is 0.536. The minimum atomic E-state index is -0.172. The summed E-state index contributed by atoms with van der Waals surface area (Å²) in [7, 11) is 0. The Balaban J connectivity index is 1.84. The summed E-state index contributed by atoms with van der Waals surface area (Å²) in [5, 5.41) is 6.05. The largest absolute Gasteiger partial charge is 0.332 e. The van der Waals surface area contributed by atoms with E-state index in [0.717, 1.165) is 0 Å². The Morgan fingerprint density at radius 1 is 1.39 bits per heavy atom. The maximum atomic E-state index is 11.9. The molecule has 0 aromatic heterocycles. The Labute approximate surface area is 111 Å². The molecular weight excluding hydrogens is 248 g/mol. The second kappa shape index (κ2) is 6.02. The van der Waals surface area contributed by atoms with Crippen LogP contribution in [0.15, 0.2) is 30.3 Å². The molecule has 1 amide bonds. The Kier molecular flexibility index (Phi) is 4.38. The summed E-state index contributed by atoms with van der Waals surface area (Å²) in [6.45, 7) is 1.96. The SMILES string of the molecule is CC1CC(=O)NC(SCC(=O)c2ccccc2)N1. The van der Waals surface area contributed by atoms with Gasteiger partial charge in [0.1, 0.15) is 5.50 Å². The molecule has 96 valence electrons. The Hall–Kier alpha value is -1.33. The quantitative estimate of drug-likeness (QED) is 0.807. The van der Waals surface area contributed by atoms with E-state index in [4.69, 9.17) is 0 Å². The lowest BCUT2D eigenvalue weighted by molar-refractivity contribution is -0.123. The minimum absolute atomic E-state index is 0.0333. The van der Waals surface area contributed by atoms with Crippen molar-refractivity contribution in [2.24, 2.45) is 0 Å². The molecule has 5 heteroatoms. The van der Waals surface area contributed by atoms with Gasteiger partial charge in [-0.25, -0.2) is 0 Å². The van der Waals surface area contributed by atoms with Crippen LogP contribution in [-0.2, 0) is 4.79 Å². The molecule has 18 heavy (non-hydrogen) atoms. The van der Waals surface area contributed by atoms with E-state index >= 15 is 0 Å². The number of hydrogen-bond acceptors (Lipinski definition) is 4. The smallest absolute Gasteiger partial charge is 0.223 e. The molecule has 1 aliphatic heterocycles. The van der Waals surface area contributed by atoms with Gasteiger partial charge < -0.3 is 5.32 Å². The third kappa shape index (κ3) is 3.58. The van der Waals surface area contributed by atoms with Crippen molar-refractivity contribution < 1.29 is 9.59 Å². The van der Waals surface area contributed by atoms with Crippen molar-refractivity contribution >= 4 is 23.5 Å². The number of nitrogens with one attached hydrogen (secondary N) is 2.